The molecule has 1 amide bonds. The first-order valence-electron chi connectivity index (χ1n) is 5.61. The van der Waals surface area contributed by atoms with Gasteiger partial charge < -0.3 is 0 Å². The van der Waals surface area contributed by atoms with Crippen molar-refractivity contribution < 1.29 is 17.6 Å². The van der Waals surface area contributed by atoms with Gasteiger partial charge in [-0.1, -0.05) is 17.7 Å². The number of carbonyl (C=O) groups is 1. The number of rotatable bonds is 4. The molecule has 0 aliphatic carbocycles. The Morgan fingerprint density at radius 2 is 2.10 bits per heavy atom. The molecule has 0 aliphatic heterocycles. The van der Waals surface area contributed by atoms with E-state index in [0.29, 0.717) is 0 Å². The summed E-state index contributed by atoms with van der Waals surface area (Å²) >= 11 is 7.06. The first kappa shape index (κ1) is 15.7. The number of amides is 1. The van der Waals surface area contributed by atoms with E-state index in [1.54, 1.807) is 17.5 Å². The Morgan fingerprint density at radius 1 is 1.33 bits per heavy atom. The van der Waals surface area contributed by atoms with Crippen LogP contribution in [0.3, 0.4) is 0 Å². The van der Waals surface area contributed by atoms with Crippen molar-refractivity contribution in [2.24, 2.45) is 0 Å². The minimum Gasteiger partial charge on any atom is -0.268 e. The number of thiophene rings is 1. The van der Waals surface area contributed by atoms with Gasteiger partial charge in [0, 0.05) is 4.88 Å². The van der Waals surface area contributed by atoms with E-state index in [0.717, 1.165) is 28.5 Å². The van der Waals surface area contributed by atoms with Crippen LogP contribution in [-0.2, 0) is 10.0 Å². The molecule has 2 aromatic rings. The van der Waals surface area contributed by atoms with E-state index in [-0.39, 0.29) is 10.6 Å². The SMILES string of the molecule is O=C(NS(=O)(=O)/C=C/c1cccs1)c1ccc(F)cc1Cl. The molecule has 0 bridgehead atoms. The standard InChI is InChI=1S/C13H9ClFNO3S2/c14-12-8-9(15)3-4-11(12)13(17)16-21(18,19)7-5-10-2-1-6-20-10/h1-8H,(H,16,17)/b7-5+. The molecule has 8 heteroatoms. The number of hydrogen-bond acceptors (Lipinski definition) is 4. The van der Waals surface area contributed by atoms with Gasteiger partial charge in [-0.05, 0) is 35.7 Å². The average molecular weight is 346 g/mol. The zero-order valence-corrected chi connectivity index (χ0v) is 12.8. The normalized spacial score (nSPS) is 11.7. The third kappa shape index (κ3) is 4.38. The number of hydrogen-bond donors (Lipinski definition) is 1. The summed E-state index contributed by atoms with van der Waals surface area (Å²) in [5.74, 6) is -1.53. The van der Waals surface area contributed by atoms with Crippen molar-refractivity contribution in [3.05, 3.63) is 62.4 Å². The van der Waals surface area contributed by atoms with E-state index in [9.17, 15) is 17.6 Å². The van der Waals surface area contributed by atoms with Crippen molar-refractivity contribution >= 4 is 44.9 Å². The number of carbonyl (C=O) groups excluding carboxylic acids is 1. The molecular weight excluding hydrogens is 337 g/mol. The third-order valence-corrected chi connectivity index (χ3v) is 4.48. The van der Waals surface area contributed by atoms with Gasteiger partial charge >= 0.3 is 0 Å². The quantitative estimate of drug-likeness (QED) is 0.925. The maximum atomic E-state index is 12.9. The summed E-state index contributed by atoms with van der Waals surface area (Å²) < 4.78 is 38.2. The molecule has 0 radical (unpaired) electrons. The van der Waals surface area contributed by atoms with Crippen LogP contribution < -0.4 is 4.72 Å². The monoisotopic (exact) mass is 345 g/mol. The number of halogens is 2. The highest BCUT2D eigenvalue weighted by atomic mass is 35.5. The van der Waals surface area contributed by atoms with Gasteiger partial charge in [-0.3, -0.25) is 4.79 Å². The van der Waals surface area contributed by atoms with E-state index >= 15 is 0 Å². The summed E-state index contributed by atoms with van der Waals surface area (Å²) in [4.78, 5) is 12.6. The molecule has 0 unspecified atom stereocenters. The molecular formula is C13H9ClFNO3S2. The lowest BCUT2D eigenvalue weighted by Gasteiger charge is -2.05. The fourth-order valence-electron chi connectivity index (χ4n) is 1.43. The van der Waals surface area contributed by atoms with E-state index in [1.165, 1.54) is 17.4 Å². The van der Waals surface area contributed by atoms with Gasteiger partial charge in [-0.15, -0.1) is 11.3 Å². The Kier molecular flexibility index (Phi) is 4.76. The Balaban J connectivity index is 2.14. The van der Waals surface area contributed by atoms with Crippen molar-refractivity contribution in [3.63, 3.8) is 0 Å². The van der Waals surface area contributed by atoms with Crippen LogP contribution >= 0.6 is 22.9 Å². The smallest absolute Gasteiger partial charge is 0.266 e. The maximum Gasteiger partial charge on any atom is 0.266 e. The van der Waals surface area contributed by atoms with Gasteiger partial charge in [-0.2, -0.15) is 0 Å². The van der Waals surface area contributed by atoms with Crippen LogP contribution in [-0.4, -0.2) is 14.3 Å². The minimum atomic E-state index is -3.96. The fourth-order valence-corrected chi connectivity index (χ4v) is 3.15. The lowest BCUT2D eigenvalue weighted by atomic mass is 10.2. The first-order valence-corrected chi connectivity index (χ1v) is 8.41. The van der Waals surface area contributed by atoms with Crippen LogP contribution in [0.4, 0.5) is 4.39 Å². The molecule has 0 aliphatic rings. The van der Waals surface area contributed by atoms with Crippen molar-refractivity contribution in [1.82, 2.24) is 4.72 Å². The lowest BCUT2D eigenvalue weighted by Crippen LogP contribution is -2.29. The van der Waals surface area contributed by atoms with Gasteiger partial charge in [-0.25, -0.2) is 17.5 Å². The molecule has 110 valence electrons. The Morgan fingerprint density at radius 3 is 2.71 bits per heavy atom. The predicted molar refractivity (Wildman–Crippen MR) is 81.1 cm³/mol. The van der Waals surface area contributed by atoms with Crippen molar-refractivity contribution in [3.8, 4) is 0 Å². The molecule has 1 aromatic heterocycles. The van der Waals surface area contributed by atoms with Crippen LogP contribution in [0, 0.1) is 5.82 Å². The van der Waals surface area contributed by atoms with Gasteiger partial charge in [0.05, 0.1) is 16.0 Å². The number of benzene rings is 1. The van der Waals surface area contributed by atoms with Crippen LogP contribution in [0.1, 0.15) is 15.2 Å². The molecule has 2 rings (SSSR count). The third-order valence-electron chi connectivity index (χ3n) is 2.37. The van der Waals surface area contributed by atoms with Gasteiger partial charge in [0.25, 0.3) is 15.9 Å². The fraction of sp³-hybridized carbons (Fsp3) is 0. The molecule has 0 spiro atoms. The van der Waals surface area contributed by atoms with Crippen molar-refractivity contribution in [2.75, 3.05) is 0 Å². The summed E-state index contributed by atoms with van der Waals surface area (Å²) in [5, 5.41) is 2.52. The zero-order chi connectivity index (χ0) is 15.5. The maximum absolute atomic E-state index is 12.9. The second-order valence-electron chi connectivity index (χ2n) is 3.92. The molecule has 1 N–H and O–H groups in total. The second-order valence-corrected chi connectivity index (χ2v) is 6.87. The van der Waals surface area contributed by atoms with E-state index in [4.69, 9.17) is 11.6 Å². The van der Waals surface area contributed by atoms with Crippen molar-refractivity contribution in [1.29, 1.82) is 0 Å². The lowest BCUT2D eigenvalue weighted by molar-refractivity contribution is 0.0982. The minimum absolute atomic E-state index is 0.119. The highest BCUT2D eigenvalue weighted by molar-refractivity contribution is 7.93. The summed E-state index contributed by atoms with van der Waals surface area (Å²) in [6.45, 7) is 0. The molecule has 0 fully saturated rings. The van der Waals surface area contributed by atoms with Crippen LogP contribution in [0.25, 0.3) is 6.08 Å². The van der Waals surface area contributed by atoms with Gasteiger partial charge in [0.1, 0.15) is 5.82 Å². The van der Waals surface area contributed by atoms with Gasteiger partial charge in [0.15, 0.2) is 0 Å². The van der Waals surface area contributed by atoms with Crippen LogP contribution in [0.2, 0.25) is 5.02 Å². The average Bonchev–Trinajstić information content (AvgIpc) is 2.88. The van der Waals surface area contributed by atoms with Crippen molar-refractivity contribution in [2.45, 2.75) is 0 Å². The van der Waals surface area contributed by atoms with Crippen LogP contribution in [0.15, 0.2) is 41.1 Å². The largest absolute Gasteiger partial charge is 0.268 e. The summed E-state index contributed by atoms with van der Waals surface area (Å²) in [7, 11) is -3.96. The molecule has 1 heterocycles. The Hall–Kier alpha value is -1.70. The topological polar surface area (TPSA) is 63.2 Å². The van der Waals surface area contributed by atoms with Crippen LogP contribution in [0.5, 0.6) is 0 Å². The second kappa shape index (κ2) is 6.38. The number of sulfonamides is 1. The number of nitrogens with one attached hydrogen (secondary N) is 1. The molecule has 4 nitrogen and oxygen atoms in total. The van der Waals surface area contributed by atoms with E-state index in [2.05, 4.69) is 0 Å². The predicted octanol–water partition coefficient (Wildman–Crippen LogP) is 3.27. The molecule has 0 saturated heterocycles. The summed E-state index contributed by atoms with van der Waals surface area (Å²) in [6.07, 6.45) is 1.37. The van der Waals surface area contributed by atoms with E-state index < -0.39 is 21.7 Å². The molecule has 1 aromatic carbocycles. The molecule has 0 saturated carbocycles. The summed E-state index contributed by atoms with van der Waals surface area (Å²) in [5.41, 5.74) is -0.119. The van der Waals surface area contributed by atoms with E-state index in [1.807, 2.05) is 4.72 Å². The first-order chi connectivity index (χ1) is 9.87. The van der Waals surface area contributed by atoms with Gasteiger partial charge in [0.2, 0.25) is 0 Å². The Labute approximate surface area is 129 Å². The molecule has 0 atom stereocenters. The highest BCUT2D eigenvalue weighted by Gasteiger charge is 2.16. The summed E-state index contributed by atoms with van der Waals surface area (Å²) in [6, 6.07) is 6.58. The zero-order valence-electron chi connectivity index (χ0n) is 10.4. The molecule has 21 heavy (non-hydrogen) atoms. The highest BCUT2D eigenvalue weighted by Crippen LogP contribution is 2.17. The Bertz CT molecular complexity index is 786.